The van der Waals surface area contributed by atoms with Crippen molar-refractivity contribution in [3.63, 3.8) is 0 Å². The zero-order valence-electron chi connectivity index (χ0n) is 16.5. The van der Waals surface area contributed by atoms with Crippen molar-refractivity contribution in [1.29, 1.82) is 0 Å². The third kappa shape index (κ3) is 4.31. The predicted molar refractivity (Wildman–Crippen MR) is 117 cm³/mol. The smallest absolute Gasteiger partial charge is 0.270 e. The quantitative estimate of drug-likeness (QED) is 0.635. The van der Waals surface area contributed by atoms with Crippen LogP contribution in [0.4, 0.5) is 0 Å². The molecular weight excluding hydrogens is 386 g/mol. The van der Waals surface area contributed by atoms with Crippen LogP contribution < -0.4 is 0 Å². The van der Waals surface area contributed by atoms with E-state index in [0.29, 0.717) is 29.6 Å². The second-order valence-corrected chi connectivity index (χ2v) is 7.75. The van der Waals surface area contributed by atoms with Gasteiger partial charge < -0.3 is 14.6 Å². The normalized spacial score (nSPS) is 14.9. The average Bonchev–Trinajstić information content (AvgIpc) is 3.16. The van der Waals surface area contributed by atoms with Gasteiger partial charge in [0.05, 0.1) is 7.11 Å². The number of carbonyl (C=O) groups excluding carboxylic acids is 1. The van der Waals surface area contributed by atoms with Crippen LogP contribution >= 0.6 is 11.6 Å². The largest absolute Gasteiger partial charge is 0.497 e. The molecule has 0 radical (unpaired) electrons. The summed E-state index contributed by atoms with van der Waals surface area (Å²) in [6.45, 7) is 7.86. The summed E-state index contributed by atoms with van der Waals surface area (Å²) >= 11 is 6.05. The molecule has 1 saturated heterocycles. The number of hydrogen-bond donors (Lipinski definition) is 1. The van der Waals surface area contributed by atoms with E-state index >= 15 is 0 Å². The summed E-state index contributed by atoms with van der Waals surface area (Å²) in [7, 11) is 1.63. The van der Waals surface area contributed by atoms with Gasteiger partial charge in [0.1, 0.15) is 11.5 Å². The Morgan fingerprint density at radius 2 is 1.93 bits per heavy atom. The van der Waals surface area contributed by atoms with Gasteiger partial charge in [-0.25, -0.2) is 0 Å². The third-order valence-corrected chi connectivity index (χ3v) is 5.61. The van der Waals surface area contributed by atoms with Gasteiger partial charge in [-0.3, -0.25) is 9.69 Å². The first-order chi connectivity index (χ1) is 14.0. The number of halogens is 1. The van der Waals surface area contributed by atoms with E-state index in [0.717, 1.165) is 36.1 Å². The van der Waals surface area contributed by atoms with Gasteiger partial charge in [-0.1, -0.05) is 36.4 Å². The minimum atomic E-state index is 0.0374. The Kier molecular flexibility index (Phi) is 5.60. The van der Waals surface area contributed by atoms with E-state index in [2.05, 4.69) is 28.6 Å². The number of amides is 1. The van der Waals surface area contributed by atoms with E-state index in [4.69, 9.17) is 16.3 Å². The van der Waals surface area contributed by atoms with Gasteiger partial charge in [-0.05, 0) is 35.9 Å². The van der Waals surface area contributed by atoms with Crippen molar-refractivity contribution < 1.29 is 9.53 Å². The van der Waals surface area contributed by atoms with Crippen molar-refractivity contribution in [3.05, 3.63) is 77.0 Å². The summed E-state index contributed by atoms with van der Waals surface area (Å²) in [6.07, 6.45) is 0. The van der Waals surface area contributed by atoms with Crippen LogP contribution in [0.5, 0.6) is 0 Å². The summed E-state index contributed by atoms with van der Waals surface area (Å²) in [6, 6.07) is 15.7. The summed E-state index contributed by atoms with van der Waals surface area (Å²) in [5.74, 6) is 0.706. The molecule has 5 nitrogen and oxygen atoms in total. The maximum atomic E-state index is 12.9. The minimum Gasteiger partial charge on any atom is -0.497 e. The molecule has 2 heterocycles. The lowest BCUT2D eigenvalue weighted by molar-refractivity contribution is 0.0623. The Hall–Kier alpha value is -2.76. The van der Waals surface area contributed by atoms with Crippen LogP contribution in [0.1, 0.15) is 21.6 Å². The Balaban J connectivity index is 1.37. The molecule has 1 aliphatic heterocycles. The fraction of sp³-hybridized carbons (Fsp3) is 0.261. The first-order valence-electron chi connectivity index (χ1n) is 9.65. The van der Waals surface area contributed by atoms with E-state index in [1.54, 1.807) is 7.11 Å². The van der Waals surface area contributed by atoms with Crippen LogP contribution in [0.2, 0.25) is 5.02 Å². The van der Waals surface area contributed by atoms with Crippen molar-refractivity contribution >= 4 is 34.2 Å². The highest BCUT2D eigenvalue weighted by Crippen LogP contribution is 2.22. The first kappa shape index (κ1) is 19.6. The number of piperazine rings is 1. The Morgan fingerprint density at radius 1 is 1.14 bits per heavy atom. The van der Waals surface area contributed by atoms with Gasteiger partial charge >= 0.3 is 0 Å². The first-order valence-corrected chi connectivity index (χ1v) is 10.0. The minimum absolute atomic E-state index is 0.0374. The van der Waals surface area contributed by atoms with Gasteiger partial charge in [0.25, 0.3) is 5.91 Å². The monoisotopic (exact) mass is 409 g/mol. The molecule has 1 aromatic heterocycles. The van der Waals surface area contributed by atoms with Crippen molar-refractivity contribution in [3.8, 4) is 0 Å². The summed E-state index contributed by atoms with van der Waals surface area (Å²) in [4.78, 5) is 20.4. The lowest BCUT2D eigenvalue weighted by Gasteiger charge is -2.34. The van der Waals surface area contributed by atoms with E-state index in [1.165, 1.54) is 5.56 Å². The summed E-state index contributed by atoms with van der Waals surface area (Å²) < 4.78 is 5.23. The van der Waals surface area contributed by atoms with E-state index in [-0.39, 0.29) is 5.91 Å². The maximum Gasteiger partial charge on any atom is 0.270 e. The van der Waals surface area contributed by atoms with Crippen molar-refractivity contribution in [1.82, 2.24) is 14.8 Å². The maximum absolute atomic E-state index is 12.9. The number of fused-ring (bicyclic) bond motifs is 1. The molecule has 0 atom stereocenters. The molecule has 1 fully saturated rings. The highest BCUT2D eigenvalue weighted by molar-refractivity contribution is 6.31. The lowest BCUT2D eigenvalue weighted by atomic mass is 10.1. The molecular formula is C23H24ClN3O2. The number of H-pyrrole nitrogens is 1. The third-order valence-electron chi connectivity index (χ3n) is 5.37. The summed E-state index contributed by atoms with van der Waals surface area (Å²) in [5.41, 5.74) is 3.75. The second kappa shape index (κ2) is 8.31. The van der Waals surface area contributed by atoms with E-state index in [9.17, 15) is 4.79 Å². The van der Waals surface area contributed by atoms with Gasteiger partial charge in [-0.15, -0.1) is 0 Å². The molecule has 0 aliphatic carbocycles. The van der Waals surface area contributed by atoms with Crippen molar-refractivity contribution in [2.75, 3.05) is 33.3 Å². The van der Waals surface area contributed by atoms with Gasteiger partial charge in [0.2, 0.25) is 0 Å². The number of benzene rings is 2. The van der Waals surface area contributed by atoms with Crippen LogP contribution in [0.3, 0.4) is 0 Å². The number of hydrogen-bond acceptors (Lipinski definition) is 3. The molecule has 3 aromatic rings. The highest BCUT2D eigenvalue weighted by Gasteiger charge is 2.23. The number of methoxy groups -OCH3 is 1. The number of aromatic amines is 1. The molecule has 0 bridgehead atoms. The SMILES string of the molecule is C=C(OC)c1cccc(CN2CCN(C(=O)c3cc4cc(Cl)ccc4[nH]3)CC2)c1. The Morgan fingerprint density at radius 3 is 2.69 bits per heavy atom. The topological polar surface area (TPSA) is 48.6 Å². The molecule has 1 aliphatic rings. The van der Waals surface area contributed by atoms with Crippen LogP contribution in [-0.4, -0.2) is 54.0 Å². The Bertz CT molecular complexity index is 1050. The van der Waals surface area contributed by atoms with Crippen LogP contribution in [0.25, 0.3) is 16.7 Å². The number of nitrogens with one attached hydrogen (secondary N) is 1. The highest BCUT2D eigenvalue weighted by atomic mass is 35.5. The number of rotatable bonds is 5. The predicted octanol–water partition coefficient (Wildman–Crippen LogP) is 4.40. The molecule has 150 valence electrons. The van der Waals surface area contributed by atoms with Crippen LogP contribution in [0, 0.1) is 0 Å². The lowest BCUT2D eigenvalue weighted by Crippen LogP contribution is -2.48. The zero-order chi connectivity index (χ0) is 20.4. The molecule has 2 aromatic carbocycles. The second-order valence-electron chi connectivity index (χ2n) is 7.31. The molecule has 4 rings (SSSR count). The summed E-state index contributed by atoms with van der Waals surface area (Å²) in [5, 5.41) is 1.62. The number of nitrogens with zero attached hydrogens (tertiary/aromatic N) is 2. The molecule has 1 amide bonds. The standard InChI is InChI=1S/C23H24ClN3O2/c1-16(29-2)18-5-3-4-17(12-18)15-26-8-10-27(11-9-26)23(28)22-14-19-13-20(24)6-7-21(19)25-22/h3-7,12-14,25H,1,8-11,15H2,2H3. The molecule has 29 heavy (non-hydrogen) atoms. The van der Waals surface area contributed by atoms with E-state index in [1.807, 2.05) is 41.3 Å². The van der Waals surface area contributed by atoms with Gasteiger partial charge in [-0.2, -0.15) is 0 Å². The molecule has 0 unspecified atom stereocenters. The van der Waals surface area contributed by atoms with Gasteiger partial charge in [0.15, 0.2) is 0 Å². The zero-order valence-corrected chi connectivity index (χ0v) is 17.2. The number of carbonyl (C=O) groups is 1. The van der Waals surface area contributed by atoms with E-state index < -0.39 is 0 Å². The average molecular weight is 410 g/mol. The molecule has 0 spiro atoms. The van der Waals surface area contributed by atoms with Crippen LogP contribution in [-0.2, 0) is 11.3 Å². The number of ether oxygens (including phenoxy) is 1. The molecule has 6 heteroatoms. The van der Waals surface area contributed by atoms with Crippen molar-refractivity contribution in [2.45, 2.75) is 6.54 Å². The molecule has 0 saturated carbocycles. The fourth-order valence-corrected chi connectivity index (χ4v) is 3.90. The number of aromatic nitrogens is 1. The van der Waals surface area contributed by atoms with Crippen LogP contribution in [0.15, 0.2) is 55.1 Å². The molecule has 1 N–H and O–H groups in total. The van der Waals surface area contributed by atoms with Gasteiger partial charge in [0, 0.05) is 54.2 Å². The van der Waals surface area contributed by atoms with Crippen molar-refractivity contribution in [2.24, 2.45) is 0 Å². The fourth-order valence-electron chi connectivity index (χ4n) is 3.72. The Labute approximate surface area is 175 Å².